The normalized spacial score (nSPS) is 17.8. The van der Waals surface area contributed by atoms with Crippen LogP contribution in [0.4, 0.5) is 0 Å². The summed E-state index contributed by atoms with van der Waals surface area (Å²) in [7, 11) is 4.00. The van der Waals surface area contributed by atoms with Gasteiger partial charge in [-0.3, -0.25) is 14.6 Å². The van der Waals surface area contributed by atoms with Crippen molar-refractivity contribution in [3.63, 3.8) is 0 Å². The maximum absolute atomic E-state index is 12.6. The van der Waals surface area contributed by atoms with E-state index in [0.29, 0.717) is 23.7 Å². The van der Waals surface area contributed by atoms with Crippen molar-refractivity contribution >= 4 is 11.8 Å². The number of aromatic nitrogens is 1. The number of piperidine rings is 1. The molecule has 2 amide bonds. The molecule has 0 aromatic carbocycles. The Balaban J connectivity index is 1.95. The molecular formula is C18H28N4O2. The molecule has 1 aromatic rings. The molecule has 0 bridgehead atoms. The predicted octanol–water partition coefficient (Wildman–Crippen LogP) is 1.64. The van der Waals surface area contributed by atoms with Gasteiger partial charge in [0.05, 0.1) is 0 Å². The number of amides is 2. The molecule has 0 aliphatic carbocycles. The standard InChI is InChI=1S/C18H28N4O2/c1-14-6-4-11-22(13-14)18(24)15-7-9-19-16(12-15)17(23)20-8-5-10-21(2)3/h7,9,12,14H,4-6,8,10-11,13H2,1-3H3,(H,20,23). The first-order valence-corrected chi connectivity index (χ1v) is 8.65. The van der Waals surface area contributed by atoms with E-state index in [9.17, 15) is 9.59 Å². The molecule has 132 valence electrons. The molecule has 1 unspecified atom stereocenters. The van der Waals surface area contributed by atoms with Crippen molar-refractivity contribution < 1.29 is 9.59 Å². The zero-order valence-electron chi connectivity index (χ0n) is 14.9. The monoisotopic (exact) mass is 332 g/mol. The lowest BCUT2D eigenvalue weighted by atomic mass is 9.99. The topological polar surface area (TPSA) is 65.5 Å². The van der Waals surface area contributed by atoms with Crippen LogP contribution < -0.4 is 5.32 Å². The molecule has 6 nitrogen and oxygen atoms in total. The second kappa shape index (κ2) is 8.78. The molecule has 0 spiro atoms. The van der Waals surface area contributed by atoms with Crippen molar-refractivity contribution in [3.8, 4) is 0 Å². The number of carbonyl (C=O) groups is 2. The van der Waals surface area contributed by atoms with Crippen LogP contribution in [-0.2, 0) is 0 Å². The van der Waals surface area contributed by atoms with Gasteiger partial charge in [0.1, 0.15) is 5.69 Å². The quantitative estimate of drug-likeness (QED) is 0.804. The highest BCUT2D eigenvalue weighted by atomic mass is 16.2. The van der Waals surface area contributed by atoms with Gasteiger partial charge in [-0.1, -0.05) is 6.92 Å². The molecular weight excluding hydrogens is 304 g/mol. The van der Waals surface area contributed by atoms with Gasteiger partial charge in [-0.2, -0.15) is 0 Å². The van der Waals surface area contributed by atoms with Crippen LogP contribution >= 0.6 is 0 Å². The first-order chi connectivity index (χ1) is 11.5. The van der Waals surface area contributed by atoms with E-state index in [4.69, 9.17) is 0 Å². The van der Waals surface area contributed by atoms with Gasteiger partial charge >= 0.3 is 0 Å². The van der Waals surface area contributed by atoms with Crippen molar-refractivity contribution in [3.05, 3.63) is 29.6 Å². The fourth-order valence-electron chi connectivity index (χ4n) is 2.93. The van der Waals surface area contributed by atoms with Gasteiger partial charge in [-0.05, 0) is 58.0 Å². The lowest BCUT2D eigenvalue weighted by Crippen LogP contribution is -2.39. The molecule has 1 N–H and O–H groups in total. The molecule has 1 aliphatic heterocycles. The summed E-state index contributed by atoms with van der Waals surface area (Å²) in [5, 5.41) is 2.85. The Morgan fingerprint density at radius 3 is 2.92 bits per heavy atom. The summed E-state index contributed by atoms with van der Waals surface area (Å²) in [5.74, 6) is 0.296. The van der Waals surface area contributed by atoms with Gasteiger partial charge in [-0.15, -0.1) is 0 Å². The molecule has 1 saturated heterocycles. The van der Waals surface area contributed by atoms with Crippen molar-refractivity contribution in [1.82, 2.24) is 20.1 Å². The molecule has 1 atom stereocenters. The molecule has 1 fully saturated rings. The molecule has 1 aliphatic rings. The zero-order chi connectivity index (χ0) is 17.5. The Hall–Kier alpha value is -1.95. The third-order valence-corrected chi connectivity index (χ3v) is 4.25. The molecule has 0 saturated carbocycles. The van der Waals surface area contributed by atoms with Gasteiger partial charge in [0.25, 0.3) is 11.8 Å². The highest BCUT2D eigenvalue weighted by Crippen LogP contribution is 2.18. The molecule has 0 radical (unpaired) electrons. The SMILES string of the molecule is CC1CCCN(C(=O)c2ccnc(C(=O)NCCCN(C)C)c2)C1. The molecule has 2 rings (SSSR count). The summed E-state index contributed by atoms with van der Waals surface area (Å²) in [5.41, 5.74) is 0.841. The Kier molecular flexibility index (Phi) is 6.73. The van der Waals surface area contributed by atoms with E-state index >= 15 is 0 Å². The van der Waals surface area contributed by atoms with E-state index < -0.39 is 0 Å². The summed E-state index contributed by atoms with van der Waals surface area (Å²) < 4.78 is 0. The molecule has 1 aromatic heterocycles. The first kappa shape index (κ1) is 18.4. The highest BCUT2D eigenvalue weighted by Gasteiger charge is 2.22. The first-order valence-electron chi connectivity index (χ1n) is 8.65. The van der Waals surface area contributed by atoms with Crippen LogP contribution in [0.1, 0.15) is 47.0 Å². The fourth-order valence-corrected chi connectivity index (χ4v) is 2.93. The minimum absolute atomic E-state index is 0.00870. The van der Waals surface area contributed by atoms with Crippen molar-refractivity contribution in [2.45, 2.75) is 26.2 Å². The Morgan fingerprint density at radius 2 is 2.21 bits per heavy atom. The summed E-state index contributed by atoms with van der Waals surface area (Å²) in [6, 6.07) is 3.29. The van der Waals surface area contributed by atoms with Crippen LogP contribution in [0.5, 0.6) is 0 Å². The van der Waals surface area contributed by atoms with Crippen molar-refractivity contribution in [2.75, 3.05) is 40.3 Å². The van der Waals surface area contributed by atoms with Crippen LogP contribution in [0.2, 0.25) is 0 Å². The summed E-state index contributed by atoms with van der Waals surface area (Å²) in [6.45, 7) is 5.25. The summed E-state index contributed by atoms with van der Waals surface area (Å²) >= 11 is 0. The van der Waals surface area contributed by atoms with Crippen LogP contribution in [0, 0.1) is 5.92 Å². The number of nitrogens with one attached hydrogen (secondary N) is 1. The molecule has 2 heterocycles. The molecule has 24 heavy (non-hydrogen) atoms. The summed E-state index contributed by atoms with van der Waals surface area (Å²) in [6.07, 6.45) is 4.62. The van der Waals surface area contributed by atoms with E-state index in [2.05, 4.69) is 22.1 Å². The van der Waals surface area contributed by atoms with Crippen LogP contribution in [0.15, 0.2) is 18.3 Å². The smallest absolute Gasteiger partial charge is 0.269 e. The van der Waals surface area contributed by atoms with Gasteiger partial charge in [0, 0.05) is 31.4 Å². The largest absolute Gasteiger partial charge is 0.351 e. The van der Waals surface area contributed by atoms with E-state index in [1.807, 2.05) is 19.0 Å². The Morgan fingerprint density at radius 1 is 1.42 bits per heavy atom. The number of carbonyl (C=O) groups excluding carboxylic acids is 2. The third-order valence-electron chi connectivity index (χ3n) is 4.25. The average molecular weight is 332 g/mol. The number of hydrogen-bond donors (Lipinski definition) is 1. The second-order valence-electron chi connectivity index (χ2n) is 6.84. The highest BCUT2D eigenvalue weighted by molar-refractivity contribution is 5.98. The van der Waals surface area contributed by atoms with Crippen molar-refractivity contribution in [1.29, 1.82) is 0 Å². The number of rotatable bonds is 6. The average Bonchev–Trinajstić information content (AvgIpc) is 2.58. The van der Waals surface area contributed by atoms with E-state index in [1.54, 1.807) is 12.1 Å². The lowest BCUT2D eigenvalue weighted by Gasteiger charge is -2.31. The van der Waals surface area contributed by atoms with Gasteiger partial charge in [0.15, 0.2) is 0 Å². The second-order valence-corrected chi connectivity index (χ2v) is 6.84. The van der Waals surface area contributed by atoms with Crippen LogP contribution in [0.25, 0.3) is 0 Å². The fraction of sp³-hybridized carbons (Fsp3) is 0.611. The zero-order valence-corrected chi connectivity index (χ0v) is 14.9. The van der Waals surface area contributed by atoms with Crippen LogP contribution in [0.3, 0.4) is 0 Å². The minimum Gasteiger partial charge on any atom is -0.351 e. The number of likely N-dealkylation sites (tertiary alicyclic amines) is 1. The van der Waals surface area contributed by atoms with E-state index in [1.165, 1.54) is 12.6 Å². The van der Waals surface area contributed by atoms with E-state index in [-0.39, 0.29) is 11.8 Å². The van der Waals surface area contributed by atoms with Crippen molar-refractivity contribution in [2.24, 2.45) is 5.92 Å². The van der Waals surface area contributed by atoms with E-state index in [0.717, 1.165) is 32.5 Å². The van der Waals surface area contributed by atoms with Gasteiger partial charge in [-0.25, -0.2) is 0 Å². The third kappa shape index (κ3) is 5.30. The minimum atomic E-state index is -0.226. The van der Waals surface area contributed by atoms with Crippen LogP contribution in [-0.4, -0.2) is 66.9 Å². The molecule has 6 heteroatoms. The van der Waals surface area contributed by atoms with Gasteiger partial charge in [0.2, 0.25) is 0 Å². The summed E-state index contributed by atoms with van der Waals surface area (Å²) in [4.78, 5) is 32.8. The Labute approximate surface area is 144 Å². The van der Waals surface area contributed by atoms with Gasteiger partial charge < -0.3 is 15.1 Å². The maximum Gasteiger partial charge on any atom is 0.269 e. The predicted molar refractivity (Wildman–Crippen MR) is 94.0 cm³/mol. The number of nitrogens with zero attached hydrogens (tertiary/aromatic N) is 3. The Bertz CT molecular complexity index is 574. The number of hydrogen-bond acceptors (Lipinski definition) is 4. The lowest BCUT2D eigenvalue weighted by molar-refractivity contribution is 0.0683. The maximum atomic E-state index is 12.6. The number of pyridine rings is 1.